The molecule has 9 heteroatoms. The van der Waals surface area contributed by atoms with Gasteiger partial charge in [0.05, 0.1) is 11.9 Å². The lowest BCUT2D eigenvalue weighted by molar-refractivity contribution is 0.0686. The zero-order valence-electron chi connectivity index (χ0n) is 14.6. The Hall–Kier alpha value is -3.75. The number of nitrogens with zero attached hydrogens (tertiary/aromatic N) is 2. The third-order valence-corrected chi connectivity index (χ3v) is 3.87. The van der Waals surface area contributed by atoms with Crippen LogP contribution in [0, 0.1) is 11.6 Å². The van der Waals surface area contributed by atoms with Gasteiger partial charge in [0.15, 0.2) is 17.3 Å². The SMILES string of the molecule is Cn1ncc(NC(=O)c2cccc(COc3ccc(F)cc3F)c2)c1C(=O)O. The Bertz CT molecular complexity index is 1050. The number of carbonyl (C=O) groups excluding carboxylic acids is 1. The number of rotatable bonds is 6. The number of ether oxygens (including phenoxy) is 1. The topological polar surface area (TPSA) is 93.5 Å². The fourth-order valence-electron chi connectivity index (χ4n) is 2.53. The van der Waals surface area contributed by atoms with Crippen molar-refractivity contribution in [3.8, 4) is 5.75 Å². The van der Waals surface area contributed by atoms with Crippen molar-refractivity contribution in [1.29, 1.82) is 0 Å². The van der Waals surface area contributed by atoms with Gasteiger partial charge in [-0.25, -0.2) is 13.6 Å². The van der Waals surface area contributed by atoms with Gasteiger partial charge >= 0.3 is 5.97 Å². The molecule has 1 amide bonds. The average molecular weight is 387 g/mol. The molecule has 3 rings (SSSR count). The summed E-state index contributed by atoms with van der Waals surface area (Å²) in [4.78, 5) is 23.7. The third-order valence-electron chi connectivity index (χ3n) is 3.87. The van der Waals surface area contributed by atoms with Crippen molar-refractivity contribution < 1.29 is 28.2 Å². The van der Waals surface area contributed by atoms with Gasteiger partial charge in [0.1, 0.15) is 12.4 Å². The third kappa shape index (κ3) is 4.14. The molecule has 0 fully saturated rings. The lowest BCUT2D eigenvalue weighted by Crippen LogP contribution is -2.15. The number of hydrogen-bond donors (Lipinski definition) is 2. The normalized spacial score (nSPS) is 10.5. The van der Waals surface area contributed by atoms with Crippen LogP contribution in [-0.2, 0) is 13.7 Å². The first-order chi connectivity index (χ1) is 13.3. The van der Waals surface area contributed by atoms with Crippen molar-refractivity contribution >= 4 is 17.6 Å². The summed E-state index contributed by atoms with van der Waals surface area (Å²) in [5, 5.41) is 15.5. The van der Waals surface area contributed by atoms with Crippen molar-refractivity contribution in [1.82, 2.24) is 9.78 Å². The minimum atomic E-state index is -1.22. The molecule has 0 radical (unpaired) electrons. The second-order valence-corrected chi connectivity index (χ2v) is 5.85. The number of hydrogen-bond acceptors (Lipinski definition) is 4. The Labute approximate surface area is 158 Å². The Kier molecular flexibility index (Phi) is 5.35. The number of amides is 1. The molecule has 3 aromatic rings. The molecule has 0 spiro atoms. The molecule has 1 aromatic heterocycles. The monoisotopic (exact) mass is 387 g/mol. The van der Waals surface area contributed by atoms with Gasteiger partial charge in [0, 0.05) is 18.7 Å². The highest BCUT2D eigenvalue weighted by molar-refractivity contribution is 6.07. The maximum Gasteiger partial charge on any atom is 0.356 e. The molecule has 7 nitrogen and oxygen atoms in total. The Morgan fingerprint density at radius 2 is 2.00 bits per heavy atom. The maximum absolute atomic E-state index is 13.6. The van der Waals surface area contributed by atoms with Gasteiger partial charge in [-0.05, 0) is 29.8 Å². The van der Waals surface area contributed by atoms with E-state index in [2.05, 4.69) is 10.4 Å². The summed E-state index contributed by atoms with van der Waals surface area (Å²) in [6.07, 6.45) is 1.24. The van der Waals surface area contributed by atoms with Crippen LogP contribution in [0.5, 0.6) is 5.75 Å². The van der Waals surface area contributed by atoms with Crippen LogP contribution in [-0.4, -0.2) is 26.8 Å². The van der Waals surface area contributed by atoms with E-state index in [0.29, 0.717) is 11.6 Å². The van der Waals surface area contributed by atoms with Gasteiger partial charge in [-0.2, -0.15) is 5.10 Å². The molecule has 0 unspecified atom stereocenters. The van der Waals surface area contributed by atoms with E-state index in [1.54, 1.807) is 12.1 Å². The number of aryl methyl sites for hydroxylation is 1. The molecule has 144 valence electrons. The highest BCUT2D eigenvalue weighted by atomic mass is 19.1. The van der Waals surface area contributed by atoms with Gasteiger partial charge in [0.2, 0.25) is 0 Å². The minimum Gasteiger partial charge on any atom is -0.486 e. The first-order valence-electron chi connectivity index (χ1n) is 8.08. The fourth-order valence-corrected chi connectivity index (χ4v) is 2.53. The van der Waals surface area contributed by atoms with Gasteiger partial charge in [0.25, 0.3) is 5.91 Å². The first-order valence-corrected chi connectivity index (χ1v) is 8.08. The van der Waals surface area contributed by atoms with Crippen molar-refractivity contribution in [2.24, 2.45) is 7.05 Å². The first kappa shape index (κ1) is 19.0. The predicted molar refractivity (Wildman–Crippen MR) is 95.3 cm³/mol. The van der Waals surface area contributed by atoms with Crippen LogP contribution in [0.15, 0.2) is 48.7 Å². The Morgan fingerprint density at radius 1 is 1.21 bits per heavy atom. The summed E-state index contributed by atoms with van der Waals surface area (Å²) in [5.74, 6) is -3.41. The van der Waals surface area contributed by atoms with E-state index in [1.165, 1.54) is 31.4 Å². The molecule has 2 N–H and O–H groups in total. The summed E-state index contributed by atoms with van der Waals surface area (Å²) < 4.78 is 33.0. The molecule has 0 aliphatic carbocycles. The number of aromatic nitrogens is 2. The summed E-state index contributed by atoms with van der Waals surface area (Å²) in [6.45, 7) is -0.0447. The van der Waals surface area contributed by atoms with Gasteiger partial charge in [-0.1, -0.05) is 12.1 Å². The molecule has 1 heterocycles. The second-order valence-electron chi connectivity index (χ2n) is 5.85. The van der Waals surface area contributed by atoms with E-state index in [1.807, 2.05) is 0 Å². The quantitative estimate of drug-likeness (QED) is 0.677. The predicted octanol–water partition coefficient (Wildman–Crippen LogP) is 3.23. The summed E-state index contributed by atoms with van der Waals surface area (Å²) in [5.41, 5.74) is 0.733. The Balaban J connectivity index is 1.72. The van der Waals surface area contributed by atoms with Gasteiger partial charge in [-0.3, -0.25) is 9.48 Å². The van der Waals surface area contributed by atoms with E-state index in [4.69, 9.17) is 4.74 Å². The van der Waals surface area contributed by atoms with Crippen LogP contribution in [0.25, 0.3) is 0 Å². The molecule has 0 saturated heterocycles. The summed E-state index contributed by atoms with van der Waals surface area (Å²) >= 11 is 0. The number of carbonyl (C=O) groups is 2. The van der Waals surface area contributed by atoms with Crippen LogP contribution in [0.4, 0.5) is 14.5 Å². The fraction of sp³-hybridized carbons (Fsp3) is 0.105. The van der Waals surface area contributed by atoms with Crippen LogP contribution < -0.4 is 10.1 Å². The van der Waals surface area contributed by atoms with E-state index in [-0.39, 0.29) is 29.3 Å². The van der Waals surface area contributed by atoms with Crippen molar-refractivity contribution in [2.75, 3.05) is 5.32 Å². The highest BCUT2D eigenvalue weighted by Crippen LogP contribution is 2.20. The van der Waals surface area contributed by atoms with E-state index >= 15 is 0 Å². The lowest BCUT2D eigenvalue weighted by Gasteiger charge is -2.09. The molecule has 0 atom stereocenters. The molecule has 0 bridgehead atoms. The van der Waals surface area contributed by atoms with Crippen molar-refractivity contribution in [2.45, 2.75) is 6.61 Å². The van der Waals surface area contributed by atoms with Gasteiger partial charge in [-0.15, -0.1) is 0 Å². The second kappa shape index (κ2) is 7.87. The van der Waals surface area contributed by atoms with Crippen molar-refractivity contribution in [3.63, 3.8) is 0 Å². The van der Waals surface area contributed by atoms with Crippen LogP contribution >= 0.6 is 0 Å². The summed E-state index contributed by atoms with van der Waals surface area (Å²) in [7, 11) is 1.45. The number of halogens is 2. The average Bonchev–Trinajstić information content (AvgIpc) is 3.01. The number of carboxylic acid groups (broad SMARTS) is 1. The van der Waals surface area contributed by atoms with E-state index < -0.39 is 23.5 Å². The number of nitrogens with one attached hydrogen (secondary N) is 1. The molecule has 28 heavy (non-hydrogen) atoms. The summed E-state index contributed by atoms with van der Waals surface area (Å²) in [6, 6.07) is 9.31. The molecule has 0 aliphatic heterocycles. The van der Waals surface area contributed by atoms with E-state index in [0.717, 1.165) is 10.7 Å². The zero-order valence-corrected chi connectivity index (χ0v) is 14.6. The van der Waals surface area contributed by atoms with E-state index in [9.17, 15) is 23.5 Å². The molecular formula is C19H15F2N3O4. The molecule has 0 aliphatic rings. The number of anilines is 1. The van der Waals surface area contributed by atoms with Crippen LogP contribution in [0.3, 0.4) is 0 Å². The molecule has 0 saturated carbocycles. The number of benzene rings is 2. The molecule has 2 aromatic carbocycles. The lowest BCUT2D eigenvalue weighted by atomic mass is 10.1. The van der Waals surface area contributed by atoms with Crippen LogP contribution in [0.1, 0.15) is 26.4 Å². The number of aromatic carboxylic acids is 1. The largest absolute Gasteiger partial charge is 0.486 e. The standard InChI is InChI=1S/C19H15F2N3O4/c1-24-17(19(26)27)15(9-22-24)23-18(25)12-4-2-3-11(7-12)10-28-16-6-5-13(20)8-14(16)21/h2-9H,10H2,1H3,(H,23,25)(H,26,27). The highest BCUT2D eigenvalue weighted by Gasteiger charge is 2.18. The smallest absolute Gasteiger partial charge is 0.356 e. The number of carboxylic acids is 1. The Morgan fingerprint density at radius 3 is 2.71 bits per heavy atom. The molecular weight excluding hydrogens is 372 g/mol. The maximum atomic E-state index is 13.6. The van der Waals surface area contributed by atoms with Gasteiger partial charge < -0.3 is 15.2 Å². The van der Waals surface area contributed by atoms with Crippen molar-refractivity contribution in [3.05, 3.63) is 77.1 Å². The zero-order chi connectivity index (χ0) is 20.3. The van der Waals surface area contributed by atoms with Crippen LogP contribution in [0.2, 0.25) is 0 Å². The minimum absolute atomic E-state index is 0.0447.